The maximum Gasteiger partial charge on any atom is 0.138 e. The highest BCUT2D eigenvalue weighted by Crippen LogP contribution is 2.32. The van der Waals surface area contributed by atoms with Gasteiger partial charge in [0.25, 0.3) is 0 Å². The van der Waals surface area contributed by atoms with Crippen molar-refractivity contribution in [2.45, 2.75) is 0 Å². The van der Waals surface area contributed by atoms with Gasteiger partial charge in [-0.1, -0.05) is 17.7 Å². The summed E-state index contributed by atoms with van der Waals surface area (Å²) in [7, 11) is 1.50. The zero-order valence-corrected chi connectivity index (χ0v) is 9.83. The van der Waals surface area contributed by atoms with E-state index in [4.69, 9.17) is 21.4 Å². The molecule has 0 atom stereocenters. The fraction of sp³-hybridized carbons (Fsp3) is 0.0769. The monoisotopic (exact) mass is 252 g/mol. The molecule has 0 heterocycles. The highest BCUT2D eigenvalue weighted by Gasteiger charge is 2.08. The van der Waals surface area contributed by atoms with E-state index in [1.54, 1.807) is 18.2 Å². The van der Waals surface area contributed by atoms with E-state index < -0.39 is 5.82 Å². The largest absolute Gasteiger partial charge is 0.508 e. The number of benzene rings is 2. The molecule has 0 radical (unpaired) electrons. The Bertz CT molecular complexity index is 555. The predicted molar refractivity (Wildman–Crippen MR) is 65.1 cm³/mol. The second-order valence-corrected chi connectivity index (χ2v) is 3.92. The zero-order chi connectivity index (χ0) is 12.4. The predicted octanol–water partition coefficient (Wildman–Crippen LogP) is 3.86. The summed E-state index contributed by atoms with van der Waals surface area (Å²) in [5.41, 5.74) is 1.03. The first-order valence-corrected chi connectivity index (χ1v) is 5.32. The Kier molecular flexibility index (Phi) is 3.20. The number of aromatic hydroxyl groups is 1. The molecule has 0 saturated carbocycles. The van der Waals surface area contributed by atoms with Crippen molar-refractivity contribution in [2.75, 3.05) is 7.11 Å². The third-order valence-electron chi connectivity index (χ3n) is 2.41. The lowest BCUT2D eigenvalue weighted by Gasteiger charge is -2.07. The summed E-state index contributed by atoms with van der Waals surface area (Å²) < 4.78 is 18.7. The van der Waals surface area contributed by atoms with Crippen molar-refractivity contribution in [3.63, 3.8) is 0 Å². The first kappa shape index (κ1) is 11.7. The Hall–Kier alpha value is -1.74. The van der Waals surface area contributed by atoms with E-state index in [0.717, 1.165) is 6.07 Å². The molecule has 0 unspecified atom stereocenters. The molecule has 0 aliphatic heterocycles. The molecular formula is C13H10ClFO2. The minimum Gasteiger partial charge on any atom is -0.508 e. The van der Waals surface area contributed by atoms with Gasteiger partial charge in [-0.15, -0.1) is 0 Å². The maximum absolute atomic E-state index is 13.6. The van der Waals surface area contributed by atoms with Gasteiger partial charge in [-0.05, 0) is 29.8 Å². The van der Waals surface area contributed by atoms with Crippen LogP contribution in [0.25, 0.3) is 11.1 Å². The Morgan fingerprint density at radius 3 is 2.59 bits per heavy atom. The summed E-state index contributed by atoms with van der Waals surface area (Å²) in [6.07, 6.45) is 0. The second kappa shape index (κ2) is 4.63. The van der Waals surface area contributed by atoms with E-state index in [-0.39, 0.29) is 5.75 Å². The molecular weight excluding hydrogens is 243 g/mol. The normalized spacial score (nSPS) is 10.3. The van der Waals surface area contributed by atoms with Crippen molar-refractivity contribution in [1.82, 2.24) is 0 Å². The lowest BCUT2D eigenvalue weighted by atomic mass is 10.0. The second-order valence-electron chi connectivity index (χ2n) is 3.51. The van der Waals surface area contributed by atoms with Gasteiger partial charge in [-0.25, -0.2) is 4.39 Å². The van der Waals surface area contributed by atoms with E-state index in [2.05, 4.69) is 0 Å². The first-order valence-electron chi connectivity index (χ1n) is 4.94. The number of ether oxygens (including phenoxy) is 1. The van der Waals surface area contributed by atoms with Crippen molar-refractivity contribution >= 4 is 11.6 Å². The van der Waals surface area contributed by atoms with E-state index in [9.17, 15) is 4.39 Å². The van der Waals surface area contributed by atoms with Gasteiger partial charge in [0.05, 0.1) is 12.1 Å². The van der Waals surface area contributed by atoms with Crippen molar-refractivity contribution in [3.8, 4) is 22.6 Å². The fourth-order valence-electron chi connectivity index (χ4n) is 1.57. The molecule has 0 spiro atoms. The summed E-state index contributed by atoms with van der Waals surface area (Å²) >= 11 is 5.89. The van der Waals surface area contributed by atoms with Crippen molar-refractivity contribution in [2.24, 2.45) is 0 Å². The molecule has 0 saturated heterocycles. The molecule has 4 heteroatoms. The van der Waals surface area contributed by atoms with Crippen LogP contribution in [0.2, 0.25) is 5.02 Å². The molecule has 2 aromatic rings. The molecule has 88 valence electrons. The Morgan fingerprint density at radius 1 is 1.18 bits per heavy atom. The van der Waals surface area contributed by atoms with Gasteiger partial charge in [0, 0.05) is 11.6 Å². The lowest BCUT2D eigenvalue weighted by Crippen LogP contribution is -1.88. The first-order chi connectivity index (χ1) is 8.11. The summed E-state index contributed by atoms with van der Waals surface area (Å²) in [5.74, 6) is -0.113. The van der Waals surface area contributed by atoms with Gasteiger partial charge in [0.15, 0.2) is 0 Å². The minimum atomic E-state index is -0.491. The highest BCUT2D eigenvalue weighted by molar-refractivity contribution is 6.32. The average Bonchev–Trinajstić information content (AvgIpc) is 2.30. The third kappa shape index (κ3) is 2.34. The van der Waals surface area contributed by atoms with E-state index in [1.165, 1.54) is 19.2 Å². The topological polar surface area (TPSA) is 29.5 Å². The van der Waals surface area contributed by atoms with Crippen molar-refractivity contribution in [3.05, 3.63) is 47.2 Å². The summed E-state index contributed by atoms with van der Waals surface area (Å²) in [4.78, 5) is 0. The molecule has 2 nitrogen and oxygen atoms in total. The van der Waals surface area contributed by atoms with Crippen LogP contribution in [0, 0.1) is 5.82 Å². The molecule has 0 aliphatic carbocycles. The quantitative estimate of drug-likeness (QED) is 0.879. The highest BCUT2D eigenvalue weighted by atomic mass is 35.5. The molecule has 0 bridgehead atoms. The van der Waals surface area contributed by atoms with Crippen LogP contribution in [0.1, 0.15) is 0 Å². The minimum absolute atomic E-state index is 0.104. The molecule has 0 aliphatic rings. The average molecular weight is 253 g/mol. The van der Waals surface area contributed by atoms with Crippen LogP contribution in [-0.2, 0) is 0 Å². The number of phenolic OH excluding ortho intramolecular Hbond substituents is 1. The Labute approximate surface area is 103 Å². The van der Waals surface area contributed by atoms with E-state index >= 15 is 0 Å². The van der Waals surface area contributed by atoms with Crippen LogP contribution in [0.3, 0.4) is 0 Å². The third-order valence-corrected chi connectivity index (χ3v) is 2.73. The van der Waals surface area contributed by atoms with Gasteiger partial charge in [-0.3, -0.25) is 0 Å². The number of hydrogen-bond acceptors (Lipinski definition) is 2. The lowest BCUT2D eigenvalue weighted by molar-refractivity contribution is 0.415. The van der Waals surface area contributed by atoms with E-state index in [0.29, 0.717) is 21.9 Å². The number of rotatable bonds is 2. The van der Waals surface area contributed by atoms with Crippen LogP contribution in [0.4, 0.5) is 4.39 Å². The zero-order valence-electron chi connectivity index (χ0n) is 9.08. The molecule has 0 fully saturated rings. The van der Waals surface area contributed by atoms with E-state index in [1.807, 2.05) is 0 Å². The summed E-state index contributed by atoms with van der Waals surface area (Å²) in [6, 6.07) is 8.99. The summed E-state index contributed by atoms with van der Waals surface area (Å²) in [6.45, 7) is 0. The number of hydrogen-bond donors (Lipinski definition) is 1. The Balaban J connectivity index is 2.53. The van der Waals surface area contributed by atoms with Gasteiger partial charge in [0.1, 0.15) is 17.3 Å². The van der Waals surface area contributed by atoms with Crippen molar-refractivity contribution < 1.29 is 14.2 Å². The standard InChI is InChI=1S/C13H10ClFO2/c1-17-13-6-8(2-5-11(13)14)10-4-3-9(16)7-12(10)15/h2-7,16H,1H3. The molecule has 0 aromatic heterocycles. The number of halogens is 2. The van der Waals surface area contributed by atoms with Gasteiger partial charge >= 0.3 is 0 Å². The van der Waals surface area contributed by atoms with Gasteiger partial charge in [0.2, 0.25) is 0 Å². The van der Waals surface area contributed by atoms with Gasteiger partial charge < -0.3 is 9.84 Å². The van der Waals surface area contributed by atoms with Crippen molar-refractivity contribution in [1.29, 1.82) is 0 Å². The molecule has 2 aromatic carbocycles. The SMILES string of the molecule is COc1cc(-c2ccc(O)cc2F)ccc1Cl. The Morgan fingerprint density at radius 2 is 1.94 bits per heavy atom. The molecule has 17 heavy (non-hydrogen) atoms. The molecule has 1 N–H and O–H groups in total. The fourth-order valence-corrected chi connectivity index (χ4v) is 1.76. The van der Waals surface area contributed by atoms with Crippen LogP contribution < -0.4 is 4.74 Å². The smallest absolute Gasteiger partial charge is 0.138 e. The van der Waals surface area contributed by atoms with Crippen LogP contribution in [-0.4, -0.2) is 12.2 Å². The van der Waals surface area contributed by atoms with Crippen LogP contribution in [0.15, 0.2) is 36.4 Å². The number of methoxy groups -OCH3 is 1. The summed E-state index contributed by atoms with van der Waals surface area (Å²) in [5, 5.41) is 9.61. The maximum atomic E-state index is 13.6. The number of phenols is 1. The molecule has 0 amide bonds. The van der Waals surface area contributed by atoms with Crippen LogP contribution in [0.5, 0.6) is 11.5 Å². The molecule has 2 rings (SSSR count). The van der Waals surface area contributed by atoms with Gasteiger partial charge in [-0.2, -0.15) is 0 Å². The van der Waals surface area contributed by atoms with Crippen LogP contribution >= 0.6 is 11.6 Å².